The van der Waals surface area contributed by atoms with Gasteiger partial charge in [0.2, 0.25) is 0 Å². The largest absolute Gasteiger partial charge is 0.493 e. The molecule has 4 rings (SSSR count). The first-order valence-corrected chi connectivity index (χ1v) is 11.1. The molecule has 0 atom stereocenters. The summed E-state index contributed by atoms with van der Waals surface area (Å²) >= 11 is 13.2. The maximum atomic E-state index is 9.59. The van der Waals surface area contributed by atoms with Crippen molar-refractivity contribution in [2.75, 3.05) is 12.4 Å². The Morgan fingerprint density at radius 3 is 2.85 bits per heavy atom. The lowest BCUT2D eigenvalue weighted by Gasteiger charge is -2.10. The molecule has 4 aromatic rings. The highest BCUT2D eigenvalue weighted by molar-refractivity contribution is 7.15. The van der Waals surface area contributed by atoms with Gasteiger partial charge in [-0.3, -0.25) is 5.10 Å². The second-order valence-electron chi connectivity index (χ2n) is 6.58. The predicted molar refractivity (Wildman–Crippen MR) is 130 cm³/mol. The van der Waals surface area contributed by atoms with Crippen molar-refractivity contribution >= 4 is 58.1 Å². The molecule has 2 aromatic heterocycles. The normalized spacial score (nSPS) is 10.8. The number of nitrogens with zero attached hydrogens (tertiary/aromatic N) is 4. The van der Waals surface area contributed by atoms with E-state index in [2.05, 4.69) is 31.6 Å². The molecule has 0 saturated heterocycles. The molecule has 0 unspecified atom stereocenters. The van der Waals surface area contributed by atoms with Crippen LogP contribution in [0.4, 0.5) is 17.3 Å². The fourth-order valence-corrected chi connectivity index (χ4v) is 3.93. The second-order valence-corrected chi connectivity index (χ2v) is 8.71. The molecule has 33 heavy (non-hydrogen) atoms. The minimum absolute atomic E-state index is 0.253. The van der Waals surface area contributed by atoms with Crippen molar-refractivity contribution < 1.29 is 9.47 Å². The van der Waals surface area contributed by atoms with Crippen LogP contribution in [-0.2, 0) is 6.61 Å². The molecule has 0 amide bonds. The monoisotopic (exact) mass is 498 g/mol. The number of benzene rings is 2. The van der Waals surface area contributed by atoms with E-state index >= 15 is 0 Å². The quantitative estimate of drug-likeness (QED) is 0.283. The zero-order valence-electron chi connectivity index (χ0n) is 17.2. The summed E-state index contributed by atoms with van der Waals surface area (Å²) < 4.78 is 11.7. The Bertz CT molecular complexity index is 1340. The van der Waals surface area contributed by atoms with Gasteiger partial charge in [-0.15, -0.1) is 11.3 Å². The van der Waals surface area contributed by atoms with Gasteiger partial charge >= 0.3 is 0 Å². The van der Waals surface area contributed by atoms with Crippen molar-refractivity contribution in [1.82, 2.24) is 15.2 Å². The first-order valence-electron chi connectivity index (χ1n) is 9.52. The molecule has 0 fully saturated rings. The number of aromatic nitrogens is 3. The Kier molecular flexibility index (Phi) is 7.10. The van der Waals surface area contributed by atoms with Crippen LogP contribution >= 0.6 is 34.5 Å². The average molecular weight is 499 g/mol. The molecule has 2 aromatic carbocycles. The molecule has 8 nitrogen and oxygen atoms in total. The SMILES string of the molecule is COc1cc(C=Nc2n[nH]c(Nc3cccc(Cl)c3)c2C#N)ccc1OCc1cnc(Cl)s1. The Morgan fingerprint density at radius 2 is 2.12 bits per heavy atom. The zero-order chi connectivity index (χ0) is 23.2. The van der Waals surface area contributed by atoms with E-state index in [1.54, 1.807) is 49.9 Å². The van der Waals surface area contributed by atoms with Gasteiger partial charge in [0.05, 0.1) is 12.0 Å². The van der Waals surface area contributed by atoms with Crippen LogP contribution in [0.15, 0.2) is 53.7 Å². The molecular weight excluding hydrogens is 483 g/mol. The van der Waals surface area contributed by atoms with Crippen LogP contribution in [0.5, 0.6) is 11.5 Å². The smallest absolute Gasteiger partial charge is 0.193 e. The maximum absolute atomic E-state index is 9.59. The minimum Gasteiger partial charge on any atom is -0.493 e. The molecule has 0 radical (unpaired) electrons. The molecule has 0 aliphatic rings. The number of rotatable bonds is 8. The number of H-pyrrole nitrogens is 1. The van der Waals surface area contributed by atoms with Crippen molar-refractivity contribution in [3.05, 3.63) is 74.2 Å². The number of ether oxygens (including phenoxy) is 2. The number of methoxy groups -OCH3 is 1. The van der Waals surface area contributed by atoms with E-state index < -0.39 is 0 Å². The number of nitriles is 1. The third-order valence-electron chi connectivity index (χ3n) is 4.37. The lowest BCUT2D eigenvalue weighted by Crippen LogP contribution is -1.97. The van der Waals surface area contributed by atoms with Gasteiger partial charge in [-0.2, -0.15) is 10.4 Å². The van der Waals surface area contributed by atoms with E-state index in [-0.39, 0.29) is 11.4 Å². The fourth-order valence-electron chi connectivity index (χ4n) is 2.85. The zero-order valence-corrected chi connectivity index (χ0v) is 19.5. The van der Waals surface area contributed by atoms with Crippen LogP contribution in [0.1, 0.15) is 16.0 Å². The molecule has 0 bridgehead atoms. The van der Waals surface area contributed by atoms with Gasteiger partial charge in [-0.1, -0.05) is 29.3 Å². The Morgan fingerprint density at radius 1 is 1.24 bits per heavy atom. The summed E-state index contributed by atoms with van der Waals surface area (Å²) in [4.78, 5) is 9.25. The highest BCUT2D eigenvalue weighted by atomic mass is 35.5. The molecule has 166 valence electrons. The van der Waals surface area contributed by atoms with Crippen LogP contribution in [0.2, 0.25) is 9.49 Å². The third-order valence-corrected chi connectivity index (χ3v) is 5.70. The number of hydrogen-bond acceptors (Lipinski definition) is 8. The highest BCUT2D eigenvalue weighted by Gasteiger charge is 2.13. The van der Waals surface area contributed by atoms with Crippen molar-refractivity contribution in [1.29, 1.82) is 5.26 Å². The summed E-state index contributed by atoms with van der Waals surface area (Å²) in [5.74, 6) is 1.80. The molecule has 0 spiro atoms. The molecule has 0 saturated carbocycles. The topological polar surface area (TPSA) is 108 Å². The van der Waals surface area contributed by atoms with Gasteiger partial charge < -0.3 is 14.8 Å². The van der Waals surface area contributed by atoms with Crippen LogP contribution < -0.4 is 14.8 Å². The first-order chi connectivity index (χ1) is 16.1. The summed E-state index contributed by atoms with van der Waals surface area (Å²) in [7, 11) is 1.56. The third kappa shape index (κ3) is 5.62. The summed E-state index contributed by atoms with van der Waals surface area (Å²) in [6, 6.07) is 14.6. The summed E-state index contributed by atoms with van der Waals surface area (Å²) in [6.07, 6.45) is 3.27. The second kappa shape index (κ2) is 10.4. The minimum atomic E-state index is 0.253. The van der Waals surface area contributed by atoms with E-state index in [0.717, 1.165) is 16.1 Å². The summed E-state index contributed by atoms with van der Waals surface area (Å²) in [5.41, 5.74) is 1.75. The van der Waals surface area contributed by atoms with Crippen LogP contribution in [0.25, 0.3) is 0 Å². The van der Waals surface area contributed by atoms with Gasteiger partial charge in [0, 0.05) is 23.1 Å². The van der Waals surface area contributed by atoms with Gasteiger partial charge in [0.25, 0.3) is 0 Å². The number of aromatic amines is 1. The fraction of sp³-hybridized carbons (Fsp3) is 0.0909. The van der Waals surface area contributed by atoms with Crippen molar-refractivity contribution in [2.24, 2.45) is 4.99 Å². The van der Waals surface area contributed by atoms with Crippen molar-refractivity contribution in [2.45, 2.75) is 6.61 Å². The van der Waals surface area contributed by atoms with Crippen LogP contribution in [0.3, 0.4) is 0 Å². The molecular formula is C22H16Cl2N6O2S. The number of anilines is 2. The number of thiazole rings is 1. The molecule has 2 heterocycles. The Hall–Kier alpha value is -3.58. The van der Waals surface area contributed by atoms with Crippen molar-refractivity contribution in [3.63, 3.8) is 0 Å². The molecule has 11 heteroatoms. The number of aliphatic imine (C=N–C) groups is 1. The van der Waals surface area contributed by atoms with E-state index in [1.807, 2.05) is 12.1 Å². The lowest BCUT2D eigenvalue weighted by molar-refractivity contribution is 0.287. The lowest BCUT2D eigenvalue weighted by atomic mass is 10.2. The standard InChI is InChI=1S/C22H16Cl2N6O2S/c1-31-19-7-13(5-6-18(19)32-12-16-11-27-22(24)33-16)10-26-20-17(9-25)21(30-29-20)28-15-4-2-3-14(23)8-15/h2-8,10-11H,12H2,1H3,(H2,28,29,30). The van der Waals surface area contributed by atoms with Crippen molar-refractivity contribution in [3.8, 4) is 17.6 Å². The molecule has 2 N–H and O–H groups in total. The number of nitrogens with one attached hydrogen (secondary N) is 2. The molecule has 0 aliphatic heterocycles. The number of hydrogen-bond donors (Lipinski definition) is 2. The van der Waals surface area contributed by atoms with E-state index in [4.69, 9.17) is 32.7 Å². The van der Waals surface area contributed by atoms with Gasteiger partial charge in [0.15, 0.2) is 21.8 Å². The maximum Gasteiger partial charge on any atom is 0.193 e. The highest BCUT2D eigenvalue weighted by Crippen LogP contribution is 2.30. The van der Waals surface area contributed by atoms with E-state index in [0.29, 0.717) is 33.4 Å². The van der Waals surface area contributed by atoms with E-state index in [9.17, 15) is 5.26 Å². The van der Waals surface area contributed by atoms with Crippen LogP contribution in [0, 0.1) is 11.3 Å². The first kappa shape index (κ1) is 22.6. The Balaban J connectivity index is 1.49. The van der Waals surface area contributed by atoms with Gasteiger partial charge in [0.1, 0.15) is 24.1 Å². The summed E-state index contributed by atoms with van der Waals surface area (Å²) in [5, 5.41) is 20.2. The summed E-state index contributed by atoms with van der Waals surface area (Å²) in [6.45, 7) is 0.329. The van der Waals surface area contributed by atoms with Gasteiger partial charge in [-0.05, 0) is 42.0 Å². The average Bonchev–Trinajstić information content (AvgIpc) is 3.41. The van der Waals surface area contributed by atoms with Gasteiger partial charge in [-0.25, -0.2) is 9.98 Å². The Labute approximate surface area is 203 Å². The number of halogens is 2. The van der Waals surface area contributed by atoms with Crippen LogP contribution in [-0.4, -0.2) is 28.5 Å². The van der Waals surface area contributed by atoms with E-state index in [1.165, 1.54) is 11.3 Å². The molecule has 0 aliphatic carbocycles. The predicted octanol–water partition coefficient (Wildman–Crippen LogP) is 6.13.